The van der Waals surface area contributed by atoms with E-state index >= 15 is 0 Å². The number of allylic oxidation sites excluding steroid dienone is 1. The first-order valence-electron chi connectivity index (χ1n) is 3.05. The molecule has 0 atom stereocenters. The summed E-state index contributed by atoms with van der Waals surface area (Å²) in [5.41, 5.74) is 0.873. The maximum absolute atomic E-state index is 9.90. The Kier molecular flexibility index (Phi) is 3.76. The molecule has 0 aromatic carbocycles. The maximum atomic E-state index is 9.90. The molecule has 0 radical (unpaired) electrons. The fourth-order valence-electron chi connectivity index (χ4n) is 0.668. The molecule has 2 heteroatoms. The van der Waals surface area contributed by atoms with Crippen molar-refractivity contribution in [1.29, 1.82) is 0 Å². The van der Waals surface area contributed by atoms with E-state index in [1.54, 1.807) is 6.92 Å². The number of carbonyl (C=O) groups is 1. The van der Waals surface area contributed by atoms with Gasteiger partial charge in [0.05, 0.1) is 5.97 Å². The third kappa shape index (κ3) is 5.07. The molecular weight excluding hydrogens is 116 g/mol. The molecule has 0 unspecified atom stereocenters. The van der Waals surface area contributed by atoms with Crippen molar-refractivity contribution in [3.63, 3.8) is 0 Å². The Bertz CT molecular complexity index is 125. The van der Waals surface area contributed by atoms with Crippen LogP contribution in [0.5, 0.6) is 0 Å². The van der Waals surface area contributed by atoms with Crippen LogP contribution >= 0.6 is 0 Å². The summed E-state index contributed by atoms with van der Waals surface area (Å²) >= 11 is 0. The van der Waals surface area contributed by atoms with Gasteiger partial charge in [-0.3, -0.25) is 0 Å². The van der Waals surface area contributed by atoms with Gasteiger partial charge in [-0.15, -0.1) is 0 Å². The normalized spacial score (nSPS) is 11.6. The second-order valence-corrected chi connectivity index (χ2v) is 2.06. The van der Waals surface area contributed by atoms with Crippen molar-refractivity contribution in [2.24, 2.45) is 0 Å². The first kappa shape index (κ1) is 8.21. The molecule has 0 aromatic rings. The van der Waals surface area contributed by atoms with Gasteiger partial charge in [-0.05, 0) is 19.4 Å². The van der Waals surface area contributed by atoms with Gasteiger partial charge in [0.1, 0.15) is 0 Å². The summed E-state index contributed by atoms with van der Waals surface area (Å²) in [7, 11) is 0. The predicted octanol–water partition coefficient (Wildman–Crippen LogP) is 0.483. The van der Waals surface area contributed by atoms with E-state index in [0.717, 1.165) is 24.5 Å². The fourth-order valence-corrected chi connectivity index (χ4v) is 0.668. The van der Waals surface area contributed by atoms with Crippen molar-refractivity contribution in [1.82, 2.24) is 0 Å². The second-order valence-electron chi connectivity index (χ2n) is 2.06. The van der Waals surface area contributed by atoms with E-state index in [2.05, 4.69) is 0 Å². The minimum absolute atomic E-state index is 0.841. The largest absolute Gasteiger partial charge is 0.545 e. The third-order valence-electron chi connectivity index (χ3n) is 1.01. The lowest BCUT2D eigenvalue weighted by atomic mass is 10.2. The van der Waals surface area contributed by atoms with Crippen LogP contribution in [0.4, 0.5) is 0 Å². The number of hydrogen-bond acceptors (Lipinski definition) is 2. The number of carboxylic acids is 1. The van der Waals surface area contributed by atoms with Crippen LogP contribution < -0.4 is 5.11 Å². The molecule has 9 heavy (non-hydrogen) atoms. The summed E-state index contributed by atoms with van der Waals surface area (Å²) in [6.45, 7) is 3.80. The standard InChI is InChI=1S/C7H12O2/c1-3-4-6(2)5-7(8)9/h5H,3-4H2,1-2H3,(H,8,9)/p-1/b6-5-. The van der Waals surface area contributed by atoms with Gasteiger partial charge >= 0.3 is 0 Å². The predicted molar refractivity (Wildman–Crippen MR) is 33.7 cm³/mol. The molecule has 0 aliphatic carbocycles. The lowest BCUT2D eigenvalue weighted by Crippen LogP contribution is -2.19. The first-order valence-corrected chi connectivity index (χ1v) is 3.05. The molecule has 2 nitrogen and oxygen atoms in total. The van der Waals surface area contributed by atoms with Gasteiger partial charge in [0.25, 0.3) is 0 Å². The zero-order valence-electron chi connectivity index (χ0n) is 5.81. The van der Waals surface area contributed by atoms with Gasteiger partial charge in [0, 0.05) is 0 Å². The van der Waals surface area contributed by atoms with E-state index in [9.17, 15) is 9.90 Å². The van der Waals surface area contributed by atoms with Crippen molar-refractivity contribution in [2.45, 2.75) is 26.7 Å². The molecule has 0 N–H and O–H groups in total. The summed E-state index contributed by atoms with van der Waals surface area (Å²) in [5.74, 6) is -1.10. The zero-order valence-corrected chi connectivity index (χ0v) is 5.81. The zero-order chi connectivity index (χ0) is 7.28. The summed E-state index contributed by atoms with van der Waals surface area (Å²) < 4.78 is 0. The molecule has 0 heterocycles. The molecule has 0 saturated carbocycles. The van der Waals surface area contributed by atoms with E-state index in [4.69, 9.17) is 0 Å². The number of hydrogen-bond donors (Lipinski definition) is 0. The van der Waals surface area contributed by atoms with E-state index in [0.29, 0.717) is 0 Å². The Hall–Kier alpha value is -0.790. The Balaban J connectivity index is 3.69. The Morgan fingerprint density at radius 3 is 2.56 bits per heavy atom. The highest BCUT2D eigenvalue weighted by Gasteiger charge is 1.84. The maximum Gasteiger partial charge on any atom is 0.0642 e. The van der Waals surface area contributed by atoms with Crippen molar-refractivity contribution in [3.05, 3.63) is 11.6 Å². The van der Waals surface area contributed by atoms with Crippen LogP contribution in [-0.4, -0.2) is 5.97 Å². The summed E-state index contributed by atoms with van der Waals surface area (Å²) in [4.78, 5) is 9.90. The Labute approximate surface area is 55.2 Å². The lowest BCUT2D eigenvalue weighted by molar-refractivity contribution is -0.297. The van der Waals surface area contributed by atoms with Crippen LogP contribution in [-0.2, 0) is 4.79 Å². The molecule has 0 saturated heterocycles. The van der Waals surface area contributed by atoms with E-state index in [-0.39, 0.29) is 0 Å². The third-order valence-corrected chi connectivity index (χ3v) is 1.01. The molecule has 0 fully saturated rings. The number of aliphatic carboxylic acids is 1. The van der Waals surface area contributed by atoms with Crippen LogP contribution in [0.3, 0.4) is 0 Å². The monoisotopic (exact) mass is 127 g/mol. The fraction of sp³-hybridized carbons (Fsp3) is 0.571. The average molecular weight is 127 g/mol. The van der Waals surface area contributed by atoms with Crippen LogP contribution in [0.1, 0.15) is 26.7 Å². The van der Waals surface area contributed by atoms with Gasteiger partial charge < -0.3 is 9.90 Å². The van der Waals surface area contributed by atoms with Crippen molar-refractivity contribution >= 4 is 5.97 Å². The quantitative estimate of drug-likeness (QED) is 0.517. The van der Waals surface area contributed by atoms with E-state index < -0.39 is 5.97 Å². The molecular formula is C7H11O2-. The van der Waals surface area contributed by atoms with Gasteiger partial charge in [-0.2, -0.15) is 0 Å². The highest BCUT2D eigenvalue weighted by molar-refractivity contribution is 5.78. The first-order chi connectivity index (χ1) is 4.16. The number of carbonyl (C=O) groups excluding carboxylic acids is 1. The summed E-state index contributed by atoms with van der Waals surface area (Å²) in [6.07, 6.45) is 2.97. The SMILES string of the molecule is CCC/C(C)=C\C(=O)[O-]. The van der Waals surface area contributed by atoms with Gasteiger partial charge in [0.15, 0.2) is 0 Å². The highest BCUT2D eigenvalue weighted by atomic mass is 16.4. The van der Waals surface area contributed by atoms with E-state index in [1.165, 1.54) is 0 Å². The Morgan fingerprint density at radius 2 is 2.22 bits per heavy atom. The lowest BCUT2D eigenvalue weighted by Gasteiger charge is -1.97. The van der Waals surface area contributed by atoms with Crippen molar-refractivity contribution in [2.75, 3.05) is 0 Å². The highest BCUT2D eigenvalue weighted by Crippen LogP contribution is 2.00. The molecule has 0 amide bonds. The minimum Gasteiger partial charge on any atom is -0.545 e. The molecule has 0 rings (SSSR count). The Morgan fingerprint density at radius 1 is 1.67 bits per heavy atom. The molecule has 0 spiro atoms. The molecule has 0 aliphatic rings. The number of carboxylic acid groups (broad SMARTS) is 1. The number of rotatable bonds is 3. The van der Waals surface area contributed by atoms with Gasteiger partial charge in [-0.25, -0.2) is 0 Å². The smallest absolute Gasteiger partial charge is 0.0642 e. The van der Waals surface area contributed by atoms with Crippen LogP contribution in [0.25, 0.3) is 0 Å². The van der Waals surface area contributed by atoms with Crippen molar-refractivity contribution in [3.8, 4) is 0 Å². The summed E-state index contributed by atoms with van der Waals surface area (Å²) in [5, 5.41) is 9.90. The summed E-state index contributed by atoms with van der Waals surface area (Å²) in [6, 6.07) is 0. The van der Waals surface area contributed by atoms with E-state index in [1.807, 2.05) is 6.92 Å². The average Bonchev–Trinajstić information content (AvgIpc) is 1.63. The van der Waals surface area contributed by atoms with Gasteiger partial charge in [-0.1, -0.05) is 18.9 Å². The molecule has 0 bridgehead atoms. The molecule has 0 aliphatic heterocycles. The molecule has 0 aromatic heterocycles. The van der Waals surface area contributed by atoms with Crippen molar-refractivity contribution < 1.29 is 9.90 Å². The van der Waals surface area contributed by atoms with Crippen LogP contribution in [0.15, 0.2) is 11.6 Å². The second kappa shape index (κ2) is 4.13. The topological polar surface area (TPSA) is 40.1 Å². The van der Waals surface area contributed by atoms with Crippen LogP contribution in [0, 0.1) is 0 Å². The molecule has 52 valence electrons. The van der Waals surface area contributed by atoms with Gasteiger partial charge in [0.2, 0.25) is 0 Å². The van der Waals surface area contributed by atoms with Crippen LogP contribution in [0.2, 0.25) is 0 Å². The minimum atomic E-state index is -1.10.